The van der Waals surface area contributed by atoms with E-state index >= 15 is 0 Å². The second-order valence-electron chi connectivity index (χ2n) is 2.61. The molecular weight excluding hydrogens is 182 g/mol. The molecule has 0 aromatic carbocycles. The summed E-state index contributed by atoms with van der Waals surface area (Å²) in [6.07, 6.45) is 2.08. The van der Waals surface area contributed by atoms with Crippen LogP contribution in [0.25, 0.3) is 0 Å². The Labute approximate surface area is 74.2 Å². The van der Waals surface area contributed by atoms with Crippen LogP contribution in [0.5, 0.6) is 0 Å². The number of hydrogen-bond donors (Lipinski definition) is 1. The normalized spacial score (nSPS) is 15.4. The monoisotopic (exact) mass is 197 g/mol. The summed E-state index contributed by atoms with van der Waals surface area (Å²) in [5.41, 5.74) is 0. The number of sulfonamides is 1. The van der Waals surface area contributed by atoms with E-state index in [4.69, 9.17) is 0 Å². The first-order valence-corrected chi connectivity index (χ1v) is 5.83. The SMILES string of the molecule is CC[C@H](S)CN(C)S(C)(=O)=O. The minimum atomic E-state index is -3.02. The Morgan fingerprint density at radius 1 is 1.55 bits per heavy atom. The predicted octanol–water partition coefficient (Wildman–Crippen LogP) is 0.586. The minimum absolute atomic E-state index is 0.134. The summed E-state index contributed by atoms with van der Waals surface area (Å²) in [6, 6.07) is 0. The van der Waals surface area contributed by atoms with Crippen LogP contribution in [0.2, 0.25) is 0 Å². The van der Waals surface area contributed by atoms with E-state index in [0.717, 1.165) is 6.42 Å². The molecule has 0 fully saturated rings. The molecule has 0 heterocycles. The van der Waals surface area contributed by atoms with Gasteiger partial charge in [-0.1, -0.05) is 6.92 Å². The van der Waals surface area contributed by atoms with Crippen LogP contribution in [0.3, 0.4) is 0 Å². The maximum Gasteiger partial charge on any atom is 0.210 e. The van der Waals surface area contributed by atoms with Gasteiger partial charge in [0.2, 0.25) is 10.0 Å². The standard InChI is InChI=1S/C6H15NO2S2/c1-4-6(10)5-7(2)11(3,8)9/h6,10H,4-5H2,1-3H3/t6-/m0/s1. The lowest BCUT2D eigenvalue weighted by molar-refractivity contribution is 0.470. The average Bonchev–Trinajstić information content (AvgIpc) is 1.85. The van der Waals surface area contributed by atoms with Crippen LogP contribution < -0.4 is 0 Å². The molecule has 0 unspecified atom stereocenters. The molecule has 0 saturated carbocycles. The second kappa shape index (κ2) is 4.33. The van der Waals surface area contributed by atoms with Gasteiger partial charge in [-0.15, -0.1) is 0 Å². The van der Waals surface area contributed by atoms with Crippen molar-refractivity contribution in [3.05, 3.63) is 0 Å². The van der Waals surface area contributed by atoms with Gasteiger partial charge in [0, 0.05) is 18.8 Å². The third-order valence-corrected chi connectivity index (χ3v) is 3.32. The highest BCUT2D eigenvalue weighted by atomic mass is 32.2. The molecule has 11 heavy (non-hydrogen) atoms. The fourth-order valence-electron chi connectivity index (χ4n) is 0.561. The van der Waals surface area contributed by atoms with Crippen LogP contribution >= 0.6 is 12.6 Å². The van der Waals surface area contributed by atoms with Crippen molar-refractivity contribution in [2.75, 3.05) is 19.8 Å². The Bertz CT molecular complexity index is 201. The van der Waals surface area contributed by atoms with Gasteiger partial charge >= 0.3 is 0 Å². The number of hydrogen-bond acceptors (Lipinski definition) is 3. The molecule has 0 aliphatic carbocycles. The minimum Gasteiger partial charge on any atom is -0.213 e. The fourth-order valence-corrected chi connectivity index (χ4v) is 1.37. The van der Waals surface area contributed by atoms with Crippen LogP contribution in [-0.2, 0) is 10.0 Å². The Hall–Kier alpha value is 0.260. The van der Waals surface area contributed by atoms with Gasteiger partial charge in [0.05, 0.1) is 6.26 Å². The molecule has 0 aromatic heterocycles. The van der Waals surface area contributed by atoms with Gasteiger partial charge in [0.25, 0.3) is 0 Å². The van der Waals surface area contributed by atoms with Gasteiger partial charge in [-0.05, 0) is 6.42 Å². The number of rotatable bonds is 4. The molecule has 0 rings (SSSR count). The first-order chi connectivity index (χ1) is 4.88. The molecule has 68 valence electrons. The quantitative estimate of drug-likeness (QED) is 0.670. The molecule has 0 aliphatic heterocycles. The highest BCUT2D eigenvalue weighted by molar-refractivity contribution is 7.88. The van der Waals surface area contributed by atoms with Gasteiger partial charge in [-0.25, -0.2) is 12.7 Å². The maximum atomic E-state index is 10.9. The summed E-state index contributed by atoms with van der Waals surface area (Å²) in [5.74, 6) is 0. The Kier molecular flexibility index (Phi) is 4.43. The van der Waals surface area contributed by atoms with Gasteiger partial charge in [0.1, 0.15) is 0 Å². The lowest BCUT2D eigenvalue weighted by atomic mass is 10.3. The molecule has 5 heteroatoms. The molecule has 1 atom stereocenters. The first-order valence-electron chi connectivity index (χ1n) is 3.47. The van der Waals surface area contributed by atoms with Crippen LogP contribution in [0.4, 0.5) is 0 Å². The summed E-state index contributed by atoms with van der Waals surface area (Å²) in [4.78, 5) is 0. The fraction of sp³-hybridized carbons (Fsp3) is 1.00. The predicted molar refractivity (Wildman–Crippen MR) is 50.5 cm³/mol. The van der Waals surface area contributed by atoms with Crippen molar-refractivity contribution in [1.82, 2.24) is 4.31 Å². The van der Waals surface area contributed by atoms with Gasteiger partial charge < -0.3 is 0 Å². The zero-order valence-corrected chi connectivity index (χ0v) is 8.82. The van der Waals surface area contributed by atoms with E-state index in [2.05, 4.69) is 12.6 Å². The van der Waals surface area contributed by atoms with Gasteiger partial charge in [-0.2, -0.15) is 12.6 Å². The average molecular weight is 197 g/mol. The summed E-state index contributed by atoms with van der Waals surface area (Å²) < 4.78 is 23.1. The molecule has 3 nitrogen and oxygen atoms in total. The van der Waals surface area contributed by atoms with Crippen LogP contribution in [-0.4, -0.2) is 37.8 Å². The lowest BCUT2D eigenvalue weighted by Gasteiger charge is -2.17. The second-order valence-corrected chi connectivity index (χ2v) is 5.43. The Morgan fingerprint density at radius 2 is 2.00 bits per heavy atom. The van der Waals surface area contributed by atoms with Crippen LogP contribution in [0.1, 0.15) is 13.3 Å². The summed E-state index contributed by atoms with van der Waals surface area (Å²) >= 11 is 4.20. The molecule has 0 saturated heterocycles. The molecule has 0 bridgehead atoms. The first kappa shape index (κ1) is 11.3. The largest absolute Gasteiger partial charge is 0.213 e. The van der Waals surface area contributed by atoms with Gasteiger partial charge in [-0.3, -0.25) is 0 Å². The molecule has 0 spiro atoms. The Balaban J connectivity index is 3.98. The smallest absolute Gasteiger partial charge is 0.210 e. The van der Waals surface area contributed by atoms with Crippen LogP contribution in [0.15, 0.2) is 0 Å². The van der Waals surface area contributed by atoms with E-state index in [0.29, 0.717) is 6.54 Å². The molecule has 0 amide bonds. The maximum absolute atomic E-state index is 10.9. The van der Waals surface area contributed by atoms with E-state index in [1.54, 1.807) is 7.05 Å². The van der Waals surface area contributed by atoms with Crippen molar-refractivity contribution in [3.8, 4) is 0 Å². The van der Waals surface area contributed by atoms with Crippen molar-refractivity contribution in [3.63, 3.8) is 0 Å². The third kappa shape index (κ3) is 4.66. The number of nitrogens with zero attached hydrogens (tertiary/aromatic N) is 1. The van der Waals surface area contributed by atoms with E-state index in [1.807, 2.05) is 6.92 Å². The molecule has 0 aromatic rings. The highest BCUT2D eigenvalue weighted by Crippen LogP contribution is 2.04. The van der Waals surface area contributed by atoms with E-state index in [1.165, 1.54) is 10.6 Å². The summed E-state index contributed by atoms with van der Waals surface area (Å²) in [6.45, 7) is 2.46. The molecule has 0 aliphatic rings. The topological polar surface area (TPSA) is 37.4 Å². The van der Waals surface area contributed by atoms with E-state index in [-0.39, 0.29) is 5.25 Å². The van der Waals surface area contributed by atoms with E-state index < -0.39 is 10.0 Å². The molecule has 0 N–H and O–H groups in total. The zero-order valence-electron chi connectivity index (χ0n) is 7.11. The van der Waals surface area contributed by atoms with Crippen molar-refractivity contribution in [2.24, 2.45) is 0 Å². The van der Waals surface area contributed by atoms with Crippen LogP contribution in [0, 0.1) is 0 Å². The van der Waals surface area contributed by atoms with Crippen molar-refractivity contribution >= 4 is 22.7 Å². The lowest BCUT2D eigenvalue weighted by Crippen LogP contribution is -2.31. The Morgan fingerprint density at radius 3 is 2.27 bits per heavy atom. The molecular formula is C6H15NO2S2. The van der Waals surface area contributed by atoms with Crippen molar-refractivity contribution in [1.29, 1.82) is 0 Å². The zero-order chi connectivity index (χ0) is 9.07. The van der Waals surface area contributed by atoms with E-state index in [9.17, 15) is 8.42 Å². The van der Waals surface area contributed by atoms with Crippen molar-refractivity contribution in [2.45, 2.75) is 18.6 Å². The highest BCUT2D eigenvalue weighted by Gasteiger charge is 2.13. The summed E-state index contributed by atoms with van der Waals surface area (Å²) in [5, 5.41) is 0.134. The molecule has 0 radical (unpaired) electrons. The van der Waals surface area contributed by atoms with Gasteiger partial charge in [0.15, 0.2) is 0 Å². The summed E-state index contributed by atoms with van der Waals surface area (Å²) in [7, 11) is -1.46. The third-order valence-electron chi connectivity index (χ3n) is 1.51. The van der Waals surface area contributed by atoms with Crippen molar-refractivity contribution < 1.29 is 8.42 Å². The number of thiol groups is 1.